The molecule has 0 aromatic heterocycles. The first-order valence-electron chi connectivity index (χ1n) is 3.52. The molecule has 0 aliphatic heterocycles. The van der Waals surface area contributed by atoms with Gasteiger partial charge in [-0.1, -0.05) is 0 Å². The van der Waals surface area contributed by atoms with Crippen LogP contribution in [0.15, 0.2) is 0 Å². The van der Waals surface area contributed by atoms with Crippen molar-refractivity contribution in [3.05, 3.63) is 0 Å². The maximum atomic E-state index is 2.64. The SMILES string of the molecule is CCCCCCC[SeH]. The van der Waals surface area contributed by atoms with Gasteiger partial charge in [0, 0.05) is 0 Å². The zero-order valence-corrected chi connectivity index (χ0v) is 7.57. The molecule has 0 fully saturated rings. The first-order valence-corrected chi connectivity index (χ1v) is 4.85. The number of hydrogen-bond donors (Lipinski definition) is 0. The van der Waals surface area contributed by atoms with Crippen molar-refractivity contribution in [1.29, 1.82) is 0 Å². The average Bonchev–Trinajstić information content (AvgIpc) is 1.81. The number of rotatable bonds is 5. The Bertz CT molecular complexity index is 29.4. The molecule has 0 aliphatic carbocycles. The van der Waals surface area contributed by atoms with Gasteiger partial charge in [0.2, 0.25) is 0 Å². The summed E-state index contributed by atoms with van der Waals surface area (Å²) < 4.78 is 0. The molecular weight excluding hydrogens is 163 g/mol. The van der Waals surface area contributed by atoms with Gasteiger partial charge < -0.3 is 0 Å². The van der Waals surface area contributed by atoms with Crippen molar-refractivity contribution in [2.75, 3.05) is 0 Å². The second kappa shape index (κ2) is 7.52. The van der Waals surface area contributed by atoms with Gasteiger partial charge in [0.05, 0.1) is 0 Å². The molecule has 50 valence electrons. The molecule has 0 aromatic rings. The third-order valence-corrected chi connectivity index (χ3v) is 1.93. The van der Waals surface area contributed by atoms with Crippen LogP contribution in [0.3, 0.4) is 0 Å². The summed E-state index contributed by atoms with van der Waals surface area (Å²) in [5.74, 6) is 0. The van der Waals surface area contributed by atoms with Crippen LogP contribution in [0, 0.1) is 0 Å². The van der Waals surface area contributed by atoms with E-state index in [0.29, 0.717) is 0 Å². The fraction of sp³-hybridized carbons (Fsp3) is 1.00. The van der Waals surface area contributed by atoms with E-state index in [1.807, 2.05) is 0 Å². The fourth-order valence-electron chi connectivity index (χ4n) is 0.715. The molecular formula is C7H16Se. The molecule has 0 radical (unpaired) electrons. The van der Waals surface area contributed by atoms with Crippen LogP contribution in [0.2, 0.25) is 5.32 Å². The van der Waals surface area contributed by atoms with Crippen LogP contribution in [0.5, 0.6) is 0 Å². The zero-order chi connectivity index (χ0) is 6.24. The van der Waals surface area contributed by atoms with Crippen molar-refractivity contribution in [2.45, 2.75) is 44.3 Å². The Morgan fingerprint density at radius 3 is 2.12 bits per heavy atom. The zero-order valence-electron chi connectivity index (χ0n) is 5.69. The summed E-state index contributed by atoms with van der Waals surface area (Å²) in [6.45, 7) is 2.25. The van der Waals surface area contributed by atoms with E-state index in [4.69, 9.17) is 0 Å². The summed E-state index contributed by atoms with van der Waals surface area (Å²) in [7, 11) is 0. The second-order valence-corrected chi connectivity index (χ2v) is 3.08. The van der Waals surface area contributed by atoms with E-state index in [2.05, 4.69) is 22.9 Å². The molecule has 0 saturated heterocycles. The molecule has 0 nitrogen and oxygen atoms in total. The summed E-state index contributed by atoms with van der Waals surface area (Å²) in [4.78, 5) is 0. The van der Waals surface area contributed by atoms with Crippen LogP contribution in [-0.2, 0) is 0 Å². The van der Waals surface area contributed by atoms with Crippen molar-refractivity contribution in [1.82, 2.24) is 0 Å². The van der Waals surface area contributed by atoms with Crippen molar-refractivity contribution in [3.63, 3.8) is 0 Å². The van der Waals surface area contributed by atoms with Gasteiger partial charge in [0.15, 0.2) is 0 Å². The molecule has 0 atom stereocenters. The minimum absolute atomic E-state index is 1.30. The van der Waals surface area contributed by atoms with Gasteiger partial charge in [-0.15, -0.1) is 0 Å². The van der Waals surface area contributed by atoms with Gasteiger partial charge >= 0.3 is 60.4 Å². The van der Waals surface area contributed by atoms with E-state index in [1.54, 1.807) is 0 Å². The molecule has 0 aliphatic rings. The van der Waals surface area contributed by atoms with E-state index in [9.17, 15) is 0 Å². The van der Waals surface area contributed by atoms with Crippen LogP contribution in [0.25, 0.3) is 0 Å². The molecule has 0 N–H and O–H groups in total. The van der Waals surface area contributed by atoms with E-state index in [-0.39, 0.29) is 0 Å². The molecule has 0 rings (SSSR count). The van der Waals surface area contributed by atoms with Gasteiger partial charge in [-0.25, -0.2) is 0 Å². The molecule has 0 bridgehead atoms. The molecule has 0 aromatic carbocycles. The second-order valence-electron chi connectivity index (χ2n) is 2.14. The van der Waals surface area contributed by atoms with Crippen molar-refractivity contribution < 1.29 is 0 Å². The van der Waals surface area contributed by atoms with Crippen LogP contribution in [0.4, 0.5) is 0 Å². The van der Waals surface area contributed by atoms with Crippen molar-refractivity contribution >= 4 is 16.0 Å². The Morgan fingerprint density at radius 2 is 1.62 bits per heavy atom. The van der Waals surface area contributed by atoms with Crippen molar-refractivity contribution in [3.8, 4) is 0 Å². The normalized spacial score (nSPS) is 9.75. The number of hydrogen-bond acceptors (Lipinski definition) is 0. The fourth-order valence-corrected chi connectivity index (χ4v) is 1.18. The summed E-state index contributed by atoms with van der Waals surface area (Å²) in [6.07, 6.45) is 7.06. The number of unbranched alkanes of at least 4 members (excludes halogenated alkanes) is 4. The monoisotopic (exact) mass is 180 g/mol. The predicted molar refractivity (Wildman–Crippen MR) is 40.7 cm³/mol. The summed E-state index contributed by atoms with van der Waals surface area (Å²) in [5.41, 5.74) is 0. The summed E-state index contributed by atoms with van der Waals surface area (Å²) >= 11 is 2.64. The maximum absolute atomic E-state index is 2.64. The standard InChI is InChI=1S/C7H16Se/c1-2-3-4-5-6-7-8/h8H,2-7H2,1H3. The molecule has 0 heterocycles. The Labute approximate surface area is 60.9 Å². The van der Waals surface area contributed by atoms with Gasteiger partial charge in [-0.2, -0.15) is 0 Å². The van der Waals surface area contributed by atoms with Gasteiger partial charge in [0.25, 0.3) is 0 Å². The minimum atomic E-state index is 1.30. The first-order chi connectivity index (χ1) is 3.91. The first kappa shape index (κ1) is 8.52. The quantitative estimate of drug-likeness (QED) is 0.448. The predicted octanol–water partition coefficient (Wildman–Crippen LogP) is 2.28. The summed E-state index contributed by atoms with van der Waals surface area (Å²) in [6, 6.07) is 0. The Kier molecular flexibility index (Phi) is 8.01. The Balaban J connectivity index is 2.53. The van der Waals surface area contributed by atoms with Crippen LogP contribution in [0.1, 0.15) is 39.0 Å². The Hall–Kier alpha value is 0.519. The molecule has 0 saturated carbocycles. The third kappa shape index (κ3) is 6.52. The molecule has 8 heavy (non-hydrogen) atoms. The van der Waals surface area contributed by atoms with E-state index in [1.165, 1.54) is 37.4 Å². The molecule has 0 spiro atoms. The average molecular weight is 179 g/mol. The van der Waals surface area contributed by atoms with Gasteiger partial charge in [-0.05, 0) is 0 Å². The van der Waals surface area contributed by atoms with Gasteiger partial charge in [0.1, 0.15) is 0 Å². The third-order valence-electron chi connectivity index (χ3n) is 1.26. The summed E-state index contributed by atoms with van der Waals surface area (Å²) in [5, 5.41) is 1.30. The molecule has 1 heteroatoms. The molecule has 0 amide bonds. The van der Waals surface area contributed by atoms with Crippen LogP contribution >= 0.6 is 0 Å². The van der Waals surface area contributed by atoms with E-state index in [0.717, 1.165) is 0 Å². The van der Waals surface area contributed by atoms with Gasteiger partial charge in [-0.3, -0.25) is 0 Å². The molecule has 0 unspecified atom stereocenters. The van der Waals surface area contributed by atoms with E-state index < -0.39 is 0 Å². The van der Waals surface area contributed by atoms with Crippen molar-refractivity contribution in [2.24, 2.45) is 0 Å². The van der Waals surface area contributed by atoms with E-state index >= 15 is 0 Å². The Morgan fingerprint density at radius 1 is 1.00 bits per heavy atom. The van der Waals surface area contributed by atoms with Crippen LogP contribution < -0.4 is 0 Å². The van der Waals surface area contributed by atoms with Crippen LogP contribution in [-0.4, -0.2) is 16.0 Å². The topological polar surface area (TPSA) is 0 Å².